The molecular weight excluding hydrogens is 297 g/mol. The van der Waals surface area contributed by atoms with Crippen LogP contribution < -0.4 is 4.90 Å². The summed E-state index contributed by atoms with van der Waals surface area (Å²) in [5, 5.41) is 8.85. The number of aromatic carboxylic acids is 1. The molecule has 1 aliphatic rings. The first-order valence-corrected chi connectivity index (χ1v) is 7.61. The predicted octanol–water partition coefficient (Wildman–Crippen LogP) is 3.01. The maximum absolute atomic E-state index is 13.2. The second-order valence-electron chi connectivity index (χ2n) is 5.83. The van der Waals surface area contributed by atoms with Crippen LogP contribution in [0.3, 0.4) is 0 Å². The third-order valence-corrected chi connectivity index (χ3v) is 4.35. The Balaban J connectivity index is 1.67. The van der Waals surface area contributed by atoms with Crippen LogP contribution in [0.1, 0.15) is 40.4 Å². The van der Waals surface area contributed by atoms with Crippen molar-refractivity contribution in [2.24, 2.45) is 0 Å². The molecule has 1 aromatic heterocycles. The Kier molecular flexibility index (Phi) is 4.23. The van der Waals surface area contributed by atoms with Crippen LogP contribution in [0.25, 0.3) is 0 Å². The van der Waals surface area contributed by atoms with E-state index < -0.39 is 5.97 Å². The van der Waals surface area contributed by atoms with Crippen LogP contribution in [0, 0.1) is 12.7 Å². The molecule has 0 saturated carbocycles. The van der Waals surface area contributed by atoms with E-state index in [-0.39, 0.29) is 11.5 Å². The number of halogens is 1. The molecule has 120 valence electrons. The second-order valence-corrected chi connectivity index (χ2v) is 5.83. The summed E-state index contributed by atoms with van der Waals surface area (Å²) < 4.78 is 13.2. The van der Waals surface area contributed by atoms with Crippen LogP contribution in [0.2, 0.25) is 0 Å². The van der Waals surface area contributed by atoms with Crippen molar-refractivity contribution >= 4 is 11.8 Å². The number of carboxylic acid groups (broad SMARTS) is 1. The second kappa shape index (κ2) is 6.32. The highest BCUT2D eigenvalue weighted by Crippen LogP contribution is 2.31. The molecule has 2 aromatic rings. The van der Waals surface area contributed by atoms with Gasteiger partial charge in [0.2, 0.25) is 0 Å². The highest BCUT2D eigenvalue weighted by atomic mass is 19.1. The summed E-state index contributed by atoms with van der Waals surface area (Å²) in [6.45, 7) is 3.59. The van der Waals surface area contributed by atoms with Gasteiger partial charge in [-0.1, -0.05) is 6.07 Å². The van der Waals surface area contributed by atoms with Gasteiger partial charge in [-0.2, -0.15) is 0 Å². The fourth-order valence-corrected chi connectivity index (χ4v) is 3.11. The van der Waals surface area contributed by atoms with E-state index in [0.29, 0.717) is 11.7 Å². The summed E-state index contributed by atoms with van der Waals surface area (Å²) in [7, 11) is 0. The molecule has 0 aliphatic carbocycles. The summed E-state index contributed by atoms with van der Waals surface area (Å²) in [5.74, 6) is -0.158. The van der Waals surface area contributed by atoms with Crippen LogP contribution >= 0.6 is 0 Å². The van der Waals surface area contributed by atoms with E-state index in [0.717, 1.165) is 31.5 Å². The lowest BCUT2D eigenvalue weighted by atomic mass is 9.87. The van der Waals surface area contributed by atoms with E-state index in [9.17, 15) is 9.18 Å². The van der Waals surface area contributed by atoms with E-state index in [4.69, 9.17) is 5.11 Å². The molecular formula is C17H18FN3O2. The topological polar surface area (TPSA) is 66.3 Å². The zero-order chi connectivity index (χ0) is 16.4. The highest BCUT2D eigenvalue weighted by Gasteiger charge is 2.23. The summed E-state index contributed by atoms with van der Waals surface area (Å²) in [5.41, 5.74) is 2.15. The number of piperidine rings is 1. The Morgan fingerprint density at radius 2 is 2.00 bits per heavy atom. The number of hydrogen-bond acceptors (Lipinski definition) is 4. The molecule has 0 radical (unpaired) electrons. The number of rotatable bonds is 3. The van der Waals surface area contributed by atoms with E-state index in [2.05, 4.69) is 14.9 Å². The fraction of sp³-hybridized carbons (Fsp3) is 0.353. The van der Waals surface area contributed by atoms with E-state index in [1.165, 1.54) is 24.0 Å². The lowest BCUT2D eigenvalue weighted by Crippen LogP contribution is -2.33. The van der Waals surface area contributed by atoms with Gasteiger partial charge in [-0.05, 0) is 48.9 Å². The monoisotopic (exact) mass is 315 g/mol. The van der Waals surface area contributed by atoms with Crippen molar-refractivity contribution in [3.63, 3.8) is 0 Å². The molecule has 1 aromatic carbocycles. The van der Waals surface area contributed by atoms with Gasteiger partial charge in [0.05, 0.1) is 12.4 Å². The molecule has 5 nitrogen and oxygen atoms in total. The summed E-state index contributed by atoms with van der Waals surface area (Å²) in [6, 6.07) is 4.98. The van der Waals surface area contributed by atoms with Gasteiger partial charge >= 0.3 is 5.97 Å². The van der Waals surface area contributed by atoms with Crippen LogP contribution in [0.4, 0.5) is 10.2 Å². The average Bonchev–Trinajstić information content (AvgIpc) is 2.55. The molecule has 0 bridgehead atoms. The molecule has 1 saturated heterocycles. The summed E-state index contributed by atoms with van der Waals surface area (Å²) in [6.07, 6.45) is 4.70. The first-order valence-electron chi connectivity index (χ1n) is 7.61. The van der Waals surface area contributed by atoms with Crippen LogP contribution in [0.15, 0.2) is 30.6 Å². The largest absolute Gasteiger partial charge is 0.476 e. The molecule has 1 fully saturated rings. The first-order chi connectivity index (χ1) is 11.0. The minimum atomic E-state index is -1.07. The number of nitrogens with zero attached hydrogens (tertiary/aromatic N) is 3. The lowest BCUT2D eigenvalue weighted by Gasteiger charge is -2.33. The van der Waals surface area contributed by atoms with Crippen LogP contribution in [0.5, 0.6) is 0 Å². The quantitative estimate of drug-likeness (QED) is 0.943. The van der Waals surface area contributed by atoms with Gasteiger partial charge in [-0.15, -0.1) is 0 Å². The van der Waals surface area contributed by atoms with Gasteiger partial charge in [0, 0.05) is 13.1 Å². The zero-order valence-corrected chi connectivity index (χ0v) is 12.9. The molecule has 1 N–H and O–H groups in total. The van der Waals surface area contributed by atoms with Gasteiger partial charge in [-0.25, -0.2) is 19.2 Å². The highest BCUT2D eigenvalue weighted by molar-refractivity contribution is 5.84. The molecule has 1 aliphatic heterocycles. The Bertz CT molecular complexity index is 710. The van der Waals surface area contributed by atoms with Crippen molar-refractivity contribution in [1.29, 1.82) is 0 Å². The molecule has 2 heterocycles. The maximum atomic E-state index is 13.2. The smallest absolute Gasteiger partial charge is 0.356 e. The van der Waals surface area contributed by atoms with E-state index >= 15 is 0 Å². The van der Waals surface area contributed by atoms with Crippen LogP contribution in [-0.2, 0) is 0 Å². The van der Waals surface area contributed by atoms with Crippen molar-refractivity contribution in [2.45, 2.75) is 25.7 Å². The number of hydrogen-bond donors (Lipinski definition) is 1. The number of aryl methyl sites for hydroxylation is 1. The lowest BCUT2D eigenvalue weighted by molar-refractivity contribution is 0.0690. The molecule has 0 spiro atoms. The normalized spacial score (nSPS) is 15.7. The third-order valence-electron chi connectivity index (χ3n) is 4.35. The number of aromatic nitrogens is 2. The maximum Gasteiger partial charge on any atom is 0.356 e. The standard InChI is InChI=1S/C17H18FN3O2/c1-11-8-13(18)2-3-14(11)12-4-6-21(7-5-12)16-10-19-15(9-20-16)17(22)23/h2-3,8-10,12H,4-7H2,1H3,(H,22,23). The van der Waals surface area contributed by atoms with Gasteiger partial charge in [0.25, 0.3) is 0 Å². The minimum Gasteiger partial charge on any atom is -0.476 e. The van der Waals surface area contributed by atoms with Gasteiger partial charge in [0.15, 0.2) is 5.69 Å². The van der Waals surface area contributed by atoms with Gasteiger partial charge in [0.1, 0.15) is 11.6 Å². The minimum absolute atomic E-state index is 0.0504. The summed E-state index contributed by atoms with van der Waals surface area (Å²) >= 11 is 0. The van der Waals surface area contributed by atoms with Crippen molar-refractivity contribution in [3.05, 3.63) is 53.2 Å². The Labute approximate surface area is 133 Å². The fourth-order valence-electron chi connectivity index (χ4n) is 3.11. The van der Waals surface area contributed by atoms with Crippen molar-refractivity contribution in [1.82, 2.24) is 9.97 Å². The van der Waals surface area contributed by atoms with Gasteiger partial charge in [-0.3, -0.25) is 0 Å². The molecule has 6 heteroatoms. The van der Waals surface area contributed by atoms with Crippen molar-refractivity contribution in [3.8, 4) is 0 Å². The van der Waals surface area contributed by atoms with Crippen molar-refractivity contribution in [2.75, 3.05) is 18.0 Å². The van der Waals surface area contributed by atoms with Gasteiger partial charge < -0.3 is 10.0 Å². The van der Waals surface area contributed by atoms with Crippen molar-refractivity contribution < 1.29 is 14.3 Å². The SMILES string of the molecule is Cc1cc(F)ccc1C1CCN(c2cnc(C(=O)O)cn2)CC1. The number of carboxylic acids is 1. The molecule has 0 amide bonds. The Hall–Kier alpha value is -2.50. The molecule has 0 unspecified atom stereocenters. The first kappa shape index (κ1) is 15.4. The number of anilines is 1. The predicted molar refractivity (Wildman–Crippen MR) is 84.3 cm³/mol. The number of benzene rings is 1. The summed E-state index contributed by atoms with van der Waals surface area (Å²) in [4.78, 5) is 21.0. The van der Waals surface area contributed by atoms with E-state index in [1.807, 2.05) is 13.0 Å². The molecule has 23 heavy (non-hydrogen) atoms. The molecule has 3 rings (SSSR count). The zero-order valence-electron chi connectivity index (χ0n) is 12.9. The van der Waals surface area contributed by atoms with Crippen LogP contribution in [-0.4, -0.2) is 34.1 Å². The Morgan fingerprint density at radius 1 is 1.26 bits per heavy atom. The molecule has 0 atom stereocenters. The number of carbonyl (C=O) groups is 1. The average molecular weight is 315 g/mol. The Morgan fingerprint density at radius 3 is 2.57 bits per heavy atom. The third kappa shape index (κ3) is 3.31. The van der Waals surface area contributed by atoms with E-state index in [1.54, 1.807) is 6.07 Å².